The zero-order chi connectivity index (χ0) is 26.6. The Hall–Kier alpha value is -3.00. The van der Waals surface area contributed by atoms with E-state index in [-0.39, 0.29) is 23.5 Å². The molecule has 0 spiro atoms. The van der Waals surface area contributed by atoms with Gasteiger partial charge in [-0.1, -0.05) is 12.1 Å². The SMILES string of the molecule is CC(C)(F)CN1CCC(COc2ccc(-c3ccc(C(=O)N4CCC(C(N)=O)CC4)cc3)c(F)c2)CC1. The quantitative estimate of drug-likeness (QED) is 0.557. The van der Waals surface area contributed by atoms with Gasteiger partial charge in [-0.25, -0.2) is 8.78 Å². The predicted octanol–water partition coefficient (Wildman–Crippen LogP) is 4.67. The number of nitrogens with zero attached hydrogens (tertiary/aromatic N) is 2. The fourth-order valence-corrected chi connectivity index (χ4v) is 5.22. The van der Waals surface area contributed by atoms with Crippen LogP contribution in [0.2, 0.25) is 0 Å². The maximum Gasteiger partial charge on any atom is 0.253 e. The van der Waals surface area contributed by atoms with Crippen molar-refractivity contribution >= 4 is 11.8 Å². The highest BCUT2D eigenvalue weighted by Crippen LogP contribution is 2.28. The van der Waals surface area contributed by atoms with Crippen LogP contribution in [0.15, 0.2) is 42.5 Å². The smallest absolute Gasteiger partial charge is 0.253 e. The fourth-order valence-electron chi connectivity index (χ4n) is 5.22. The molecule has 2 saturated heterocycles. The molecule has 0 unspecified atom stereocenters. The number of piperidine rings is 2. The van der Waals surface area contributed by atoms with E-state index in [0.717, 1.165) is 25.9 Å². The van der Waals surface area contributed by atoms with Gasteiger partial charge in [0, 0.05) is 42.7 Å². The molecule has 2 N–H and O–H groups in total. The summed E-state index contributed by atoms with van der Waals surface area (Å²) in [6, 6.07) is 11.8. The monoisotopic (exact) mass is 513 g/mol. The molecule has 0 aliphatic carbocycles. The van der Waals surface area contributed by atoms with Gasteiger partial charge in [0.1, 0.15) is 17.2 Å². The van der Waals surface area contributed by atoms with Gasteiger partial charge in [0.25, 0.3) is 5.91 Å². The van der Waals surface area contributed by atoms with Crippen molar-refractivity contribution in [3.05, 3.63) is 53.8 Å². The largest absolute Gasteiger partial charge is 0.493 e. The maximum atomic E-state index is 14.9. The van der Waals surface area contributed by atoms with Crippen LogP contribution >= 0.6 is 0 Å². The van der Waals surface area contributed by atoms with E-state index in [9.17, 15) is 18.4 Å². The van der Waals surface area contributed by atoms with E-state index in [0.29, 0.717) is 67.4 Å². The van der Waals surface area contributed by atoms with Gasteiger partial charge < -0.3 is 20.3 Å². The third-order valence-electron chi connectivity index (χ3n) is 7.36. The van der Waals surface area contributed by atoms with Gasteiger partial charge in [-0.15, -0.1) is 0 Å². The van der Waals surface area contributed by atoms with Crippen molar-refractivity contribution in [2.24, 2.45) is 17.6 Å². The van der Waals surface area contributed by atoms with E-state index in [2.05, 4.69) is 4.90 Å². The van der Waals surface area contributed by atoms with E-state index in [1.54, 1.807) is 55.1 Å². The van der Waals surface area contributed by atoms with Crippen LogP contribution in [0.25, 0.3) is 11.1 Å². The number of ether oxygens (including phenoxy) is 1. The lowest BCUT2D eigenvalue weighted by molar-refractivity contribution is -0.123. The number of hydrogen-bond donors (Lipinski definition) is 1. The molecule has 2 aromatic carbocycles. The Morgan fingerprint density at radius 3 is 2.22 bits per heavy atom. The number of likely N-dealkylation sites (tertiary alicyclic amines) is 2. The number of amides is 2. The first kappa shape index (κ1) is 27.0. The van der Waals surface area contributed by atoms with Crippen LogP contribution in [0.3, 0.4) is 0 Å². The minimum Gasteiger partial charge on any atom is -0.493 e. The number of carbonyl (C=O) groups excluding carboxylic acids is 2. The van der Waals surface area contributed by atoms with Gasteiger partial charge >= 0.3 is 0 Å². The molecule has 2 aliphatic rings. The van der Waals surface area contributed by atoms with Gasteiger partial charge in [-0.2, -0.15) is 0 Å². The van der Waals surface area contributed by atoms with E-state index < -0.39 is 5.67 Å². The van der Waals surface area contributed by atoms with Crippen molar-refractivity contribution in [3.63, 3.8) is 0 Å². The van der Waals surface area contributed by atoms with Crippen LogP contribution < -0.4 is 10.5 Å². The Balaban J connectivity index is 1.29. The lowest BCUT2D eigenvalue weighted by Gasteiger charge is -2.34. The minimum absolute atomic E-state index is 0.0991. The summed E-state index contributed by atoms with van der Waals surface area (Å²) < 4.78 is 34.7. The number of nitrogens with two attached hydrogens (primary N) is 1. The first-order valence-corrected chi connectivity index (χ1v) is 13.1. The molecule has 8 heteroatoms. The van der Waals surface area contributed by atoms with Crippen LogP contribution in [-0.4, -0.2) is 66.6 Å². The van der Waals surface area contributed by atoms with E-state index in [1.807, 2.05) is 0 Å². The molecule has 0 saturated carbocycles. The summed E-state index contributed by atoms with van der Waals surface area (Å²) in [5, 5.41) is 0. The first-order valence-electron chi connectivity index (χ1n) is 13.1. The van der Waals surface area contributed by atoms with E-state index in [1.165, 1.54) is 6.07 Å². The predicted molar refractivity (Wildman–Crippen MR) is 140 cm³/mol. The summed E-state index contributed by atoms with van der Waals surface area (Å²) in [5.74, 6) is -0.111. The number of alkyl halides is 1. The van der Waals surface area contributed by atoms with Crippen LogP contribution in [-0.2, 0) is 4.79 Å². The molecule has 2 aliphatic heterocycles. The summed E-state index contributed by atoms with van der Waals surface area (Å²) in [4.78, 5) is 28.0. The summed E-state index contributed by atoms with van der Waals surface area (Å²) in [6.07, 6.45) is 3.03. The average Bonchev–Trinajstić information content (AvgIpc) is 2.87. The second kappa shape index (κ2) is 11.6. The molecule has 37 heavy (non-hydrogen) atoms. The number of benzene rings is 2. The molecule has 2 fully saturated rings. The van der Waals surface area contributed by atoms with Gasteiger partial charge in [-0.3, -0.25) is 9.59 Å². The van der Waals surface area contributed by atoms with Gasteiger partial charge in [-0.05, 0) is 88.4 Å². The first-order chi connectivity index (χ1) is 17.6. The fraction of sp³-hybridized carbons (Fsp3) is 0.517. The van der Waals surface area contributed by atoms with Gasteiger partial charge in [0.2, 0.25) is 5.91 Å². The van der Waals surface area contributed by atoms with Crippen LogP contribution in [0, 0.1) is 17.7 Å². The van der Waals surface area contributed by atoms with Crippen molar-refractivity contribution in [2.45, 2.75) is 45.2 Å². The summed E-state index contributed by atoms with van der Waals surface area (Å²) in [7, 11) is 0. The number of hydrogen-bond acceptors (Lipinski definition) is 4. The van der Waals surface area contributed by atoms with Crippen molar-refractivity contribution < 1.29 is 23.1 Å². The third-order valence-corrected chi connectivity index (χ3v) is 7.36. The van der Waals surface area contributed by atoms with Gasteiger partial charge in [0.15, 0.2) is 0 Å². The molecule has 4 rings (SSSR count). The Morgan fingerprint density at radius 1 is 1.00 bits per heavy atom. The second-order valence-electron chi connectivity index (χ2n) is 10.9. The summed E-state index contributed by atoms with van der Waals surface area (Å²) in [6.45, 7) is 6.85. The van der Waals surface area contributed by atoms with Crippen molar-refractivity contribution in [1.82, 2.24) is 9.80 Å². The maximum absolute atomic E-state index is 14.9. The molecule has 0 bridgehead atoms. The number of rotatable bonds is 8. The van der Waals surface area contributed by atoms with Gasteiger partial charge in [0.05, 0.1) is 6.61 Å². The lowest BCUT2D eigenvalue weighted by Crippen LogP contribution is -2.41. The number of carbonyl (C=O) groups is 2. The molecule has 0 atom stereocenters. The molecule has 0 radical (unpaired) electrons. The van der Waals surface area contributed by atoms with Crippen molar-refractivity contribution in [3.8, 4) is 16.9 Å². The highest BCUT2D eigenvalue weighted by Gasteiger charge is 2.27. The van der Waals surface area contributed by atoms with Crippen LogP contribution in [0.4, 0.5) is 8.78 Å². The highest BCUT2D eigenvalue weighted by atomic mass is 19.1. The standard InChI is InChI=1S/C29H37F2N3O3/c1-29(2,31)19-33-13-9-20(10-14-33)18-37-24-7-8-25(26(30)17-24)21-3-5-23(6-4-21)28(36)34-15-11-22(12-16-34)27(32)35/h3-8,17,20,22H,9-16,18-19H2,1-2H3,(H2,32,35). The average molecular weight is 514 g/mol. The Labute approximate surface area is 217 Å². The van der Waals surface area contributed by atoms with Crippen LogP contribution in [0.5, 0.6) is 5.75 Å². The molecule has 2 heterocycles. The summed E-state index contributed by atoms with van der Waals surface area (Å²) in [5.41, 5.74) is 5.83. The second-order valence-corrected chi connectivity index (χ2v) is 10.9. The number of primary amides is 1. The Morgan fingerprint density at radius 2 is 1.65 bits per heavy atom. The summed E-state index contributed by atoms with van der Waals surface area (Å²) >= 11 is 0. The molecule has 6 nitrogen and oxygen atoms in total. The third kappa shape index (κ3) is 7.28. The highest BCUT2D eigenvalue weighted by molar-refractivity contribution is 5.95. The normalized spacial score (nSPS) is 18.1. The lowest BCUT2D eigenvalue weighted by atomic mass is 9.95. The van der Waals surface area contributed by atoms with Crippen LogP contribution in [0.1, 0.15) is 49.9 Å². The number of halogens is 2. The topological polar surface area (TPSA) is 75.9 Å². The van der Waals surface area contributed by atoms with E-state index in [4.69, 9.17) is 10.5 Å². The Bertz CT molecular complexity index is 1080. The zero-order valence-electron chi connectivity index (χ0n) is 21.7. The molecular weight excluding hydrogens is 476 g/mol. The molecular formula is C29H37F2N3O3. The molecule has 2 aromatic rings. The molecule has 0 aromatic heterocycles. The van der Waals surface area contributed by atoms with Crippen molar-refractivity contribution in [1.29, 1.82) is 0 Å². The molecule has 2 amide bonds. The van der Waals surface area contributed by atoms with Crippen molar-refractivity contribution in [2.75, 3.05) is 39.3 Å². The molecule has 200 valence electrons. The van der Waals surface area contributed by atoms with E-state index >= 15 is 0 Å². The Kier molecular flexibility index (Phi) is 8.47. The minimum atomic E-state index is -1.19. The zero-order valence-corrected chi connectivity index (χ0v) is 21.7.